The van der Waals surface area contributed by atoms with Gasteiger partial charge in [-0.2, -0.15) is 5.10 Å². The summed E-state index contributed by atoms with van der Waals surface area (Å²) in [6, 6.07) is 0. The van der Waals surface area contributed by atoms with E-state index >= 15 is 0 Å². The molecule has 0 N–H and O–H groups in total. The Balaban J connectivity index is 2.36. The highest BCUT2D eigenvalue weighted by Gasteiger charge is 2.06. The molecular weight excluding hydrogens is 272 g/mol. The third-order valence-corrected chi connectivity index (χ3v) is 3.18. The number of hydrogen-bond acceptors (Lipinski definition) is 3. The summed E-state index contributed by atoms with van der Waals surface area (Å²) in [6.45, 7) is 2.28. The fourth-order valence-corrected chi connectivity index (χ4v) is 1.74. The maximum Gasteiger partial charge on any atom is 0.268 e. The summed E-state index contributed by atoms with van der Waals surface area (Å²) in [4.78, 5) is 16.0. The van der Waals surface area contributed by atoms with Crippen LogP contribution in [0.15, 0.2) is 28.0 Å². The van der Waals surface area contributed by atoms with Crippen molar-refractivity contribution >= 4 is 15.9 Å². The molecule has 6 heteroatoms. The van der Waals surface area contributed by atoms with Crippen LogP contribution in [0.2, 0.25) is 0 Å². The molecule has 16 heavy (non-hydrogen) atoms. The van der Waals surface area contributed by atoms with Crippen molar-refractivity contribution < 1.29 is 0 Å². The molecule has 0 aromatic carbocycles. The van der Waals surface area contributed by atoms with Crippen LogP contribution in [0.1, 0.15) is 11.3 Å². The number of aryl methyl sites for hydroxylation is 2. The van der Waals surface area contributed by atoms with Gasteiger partial charge in [0.05, 0.1) is 24.8 Å². The zero-order valence-corrected chi connectivity index (χ0v) is 10.6. The largest absolute Gasteiger partial charge is 0.294 e. The topological polar surface area (TPSA) is 52.7 Å². The van der Waals surface area contributed by atoms with Crippen LogP contribution in [0.4, 0.5) is 0 Å². The summed E-state index contributed by atoms with van der Waals surface area (Å²) in [5, 5.41) is 4.05. The summed E-state index contributed by atoms with van der Waals surface area (Å²) >= 11 is 3.23. The second-order valence-electron chi connectivity index (χ2n) is 3.60. The van der Waals surface area contributed by atoms with E-state index in [2.05, 4.69) is 26.0 Å². The second kappa shape index (κ2) is 4.21. The lowest BCUT2D eigenvalue weighted by atomic mass is 10.3. The summed E-state index contributed by atoms with van der Waals surface area (Å²) < 4.78 is 3.77. The Morgan fingerprint density at radius 1 is 1.50 bits per heavy atom. The first kappa shape index (κ1) is 11.1. The molecule has 0 fully saturated rings. The van der Waals surface area contributed by atoms with Crippen LogP contribution in [0, 0.1) is 6.92 Å². The minimum atomic E-state index is -0.0728. The highest BCUT2D eigenvalue weighted by molar-refractivity contribution is 9.10. The summed E-state index contributed by atoms with van der Waals surface area (Å²) in [5.74, 6) is 0. The summed E-state index contributed by atoms with van der Waals surface area (Å²) in [6.07, 6.45) is 5.16. The van der Waals surface area contributed by atoms with Gasteiger partial charge >= 0.3 is 0 Å². The SMILES string of the molecule is Cc1ncn(Cc2cnn(C)c2)c(=O)c1Br. The molecule has 0 saturated heterocycles. The second-order valence-corrected chi connectivity index (χ2v) is 4.39. The first-order valence-corrected chi connectivity index (χ1v) is 5.56. The molecule has 2 aromatic heterocycles. The van der Waals surface area contributed by atoms with E-state index in [1.165, 1.54) is 0 Å². The van der Waals surface area contributed by atoms with Crippen LogP contribution in [0.3, 0.4) is 0 Å². The van der Waals surface area contributed by atoms with Gasteiger partial charge in [0.2, 0.25) is 0 Å². The van der Waals surface area contributed by atoms with Crippen molar-refractivity contribution in [1.82, 2.24) is 19.3 Å². The van der Waals surface area contributed by atoms with E-state index in [-0.39, 0.29) is 5.56 Å². The Morgan fingerprint density at radius 2 is 2.25 bits per heavy atom. The van der Waals surface area contributed by atoms with Crippen molar-refractivity contribution in [1.29, 1.82) is 0 Å². The molecule has 0 unspecified atom stereocenters. The molecule has 0 radical (unpaired) electrons. The molecule has 0 saturated carbocycles. The monoisotopic (exact) mass is 282 g/mol. The molecule has 0 aliphatic rings. The minimum absolute atomic E-state index is 0.0728. The average Bonchev–Trinajstić information content (AvgIpc) is 2.65. The van der Waals surface area contributed by atoms with E-state index in [0.717, 1.165) is 5.56 Å². The van der Waals surface area contributed by atoms with E-state index < -0.39 is 0 Å². The molecule has 5 nitrogen and oxygen atoms in total. The van der Waals surface area contributed by atoms with Gasteiger partial charge in [-0.15, -0.1) is 0 Å². The Hall–Kier alpha value is -1.43. The van der Waals surface area contributed by atoms with E-state index in [0.29, 0.717) is 16.7 Å². The Kier molecular flexibility index (Phi) is 2.91. The molecule has 2 aromatic rings. The van der Waals surface area contributed by atoms with Crippen LogP contribution in [-0.4, -0.2) is 19.3 Å². The number of hydrogen-bond donors (Lipinski definition) is 0. The summed E-state index contributed by atoms with van der Waals surface area (Å²) in [5.41, 5.74) is 1.60. The van der Waals surface area contributed by atoms with Gasteiger partial charge in [0, 0.05) is 18.8 Å². The average molecular weight is 283 g/mol. The molecule has 84 valence electrons. The molecule has 0 aliphatic carbocycles. The zero-order valence-electron chi connectivity index (χ0n) is 9.01. The van der Waals surface area contributed by atoms with E-state index in [9.17, 15) is 4.79 Å². The molecular formula is C10H11BrN4O. The van der Waals surface area contributed by atoms with Gasteiger partial charge in [-0.05, 0) is 22.9 Å². The smallest absolute Gasteiger partial charge is 0.268 e. The molecule has 0 atom stereocenters. The van der Waals surface area contributed by atoms with Gasteiger partial charge in [-0.1, -0.05) is 0 Å². The van der Waals surface area contributed by atoms with E-state index in [1.54, 1.807) is 28.7 Å². The van der Waals surface area contributed by atoms with Gasteiger partial charge in [0.15, 0.2) is 0 Å². The van der Waals surface area contributed by atoms with Crippen molar-refractivity contribution in [3.05, 3.63) is 44.8 Å². The van der Waals surface area contributed by atoms with Gasteiger partial charge in [0.1, 0.15) is 4.47 Å². The number of aromatic nitrogens is 4. The lowest BCUT2D eigenvalue weighted by molar-refractivity contribution is 0.721. The molecule has 0 bridgehead atoms. The van der Waals surface area contributed by atoms with Gasteiger partial charge in [0.25, 0.3) is 5.56 Å². The Morgan fingerprint density at radius 3 is 2.88 bits per heavy atom. The third-order valence-electron chi connectivity index (χ3n) is 2.27. The molecule has 0 aliphatic heterocycles. The van der Waals surface area contributed by atoms with Crippen LogP contribution >= 0.6 is 15.9 Å². The number of nitrogens with zero attached hydrogens (tertiary/aromatic N) is 4. The first-order chi connectivity index (χ1) is 7.58. The predicted molar refractivity (Wildman–Crippen MR) is 63.2 cm³/mol. The maximum atomic E-state index is 11.8. The lowest BCUT2D eigenvalue weighted by Crippen LogP contribution is -2.22. The quantitative estimate of drug-likeness (QED) is 0.829. The zero-order chi connectivity index (χ0) is 11.7. The number of rotatable bonds is 2. The van der Waals surface area contributed by atoms with Gasteiger partial charge in [-0.3, -0.25) is 14.0 Å². The minimum Gasteiger partial charge on any atom is -0.294 e. The van der Waals surface area contributed by atoms with Crippen molar-refractivity contribution in [3.8, 4) is 0 Å². The molecule has 2 heterocycles. The molecule has 0 spiro atoms. The third kappa shape index (κ3) is 2.06. The fraction of sp³-hybridized carbons (Fsp3) is 0.300. The predicted octanol–water partition coefficient (Wildman–Crippen LogP) is 1.10. The van der Waals surface area contributed by atoms with Gasteiger partial charge < -0.3 is 0 Å². The first-order valence-electron chi connectivity index (χ1n) is 4.77. The fourth-order valence-electron chi connectivity index (χ4n) is 1.41. The highest BCUT2D eigenvalue weighted by Crippen LogP contribution is 2.07. The van der Waals surface area contributed by atoms with Crippen molar-refractivity contribution in [2.75, 3.05) is 0 Å². The molecule has 2 rings (SSSR count). The van der Waals surface area contributed by atoms with E-state index in [4.69, 9.17) is 0 Å². The van der Waals surface area contributed by atoms with Gasteiger partial charge in [-0.25, -0.2) is 4.98 Å². The summed E-state index contributed by atoms with van der Waals surface area (Å²) in [7, 11) is 1.84. The Labute approximate surface area is 101 Å². The van der Waals surface area contributed by atoms with Crippen molar-refractivity contribution in [3.63, 3.8) is 0 Å². The van der Waals surface area contributed by atoms with Crippen LogP contribution in [0.5, 0.6) is 0 Å². The number of halogens is 1. The van der Waals surface area contributed by atoms with E-state index in [1.807, 2.05) is 13.2 Å². The Bertz CT molecular complexity index is 572. The normalized spacial score (nSPS) is 10.7. The van der Waals surface area contributed by atoms with Crippen LogP contribution in [0.25, 0.3) is 0 Å². The lowest BCUT2D eigenvalue weighted by Gasteiger charge is -2.04. The maximum absolute atomic E-state index is 11.8. The van der Waals surface area contributed by atoms with Crippen LogP contribution < -0.4 is 5.56 Å². The van der Waals surface area contributed by atoms with Crippen molar-refractivity contribution in [2.45, 2.75) is 13.5 Å². The van der Waals surface area contributed by atoms with Crippen molar-refractivity contribution in [2.24, 2.45) is 7.05 Å². The molecule has 0 amide bonds. The van der Waals surface area contributed by atoms with Crippen LogP contribution in [-0.2, 0) is 13.6 Å². The standard InChI is InChI=1S/C10H11BrN4O/c1-7-9(11)10(16)15(6-12-7)5-8-3-13-14(2)4-8/h3-4,6H,5H2,1-2H3. The highest BCUT2D eigenvalue weighted by atomic mass is 79.9.